The Hall–Kier alpha value is -3.15. The summed E-state index contributed by atoms with van der Waals surface area (Å²) in [6.45, 7) is 6.71. The predicted molar refractivity (Wildman–Crippen MR) is 116 cm³/mol. The van der Waals surface area contributed by atoms with Crippen molar-refractivity contribution in [1.29, 1.82) is 0 Å². The summed E-state index contributed by atoms with van der Waals surface area (Å²) in [6.07, 6.45) is 4.94. The second kappa shape index (κ2) is 10.1. The lowest BCUT2D eigenvalue weighted by Crippen LogP contribution is -2.28. The van der Waals surface area contributed by atoms with Gasteiger partial charge in [0.05, 0.1) is 13.7 Å². The van der Waals surface area contributed by atoms with Crippen molar-refractivity contribution in [3.8, 4) is 23.0 Å². The van der Waals surface area contributed by atoms with Crippen molar-refractivity contribution in [2.24, 2.45) is 0 Å². The number of rotatable bonds is 9. The van der Waals surface area contributed by atoms with Crippen molar-refractivity contribution in [2.75, 3.05) is 20.3 Å². The molecule has 1 aliphatic rings. The van der Waals surface area contributed by atoms with Crippen LogP contribution in [0.25, 0.3) is 6.08 Å². The van der Waals surface area contributed by atoms with Gasteiger partial charge in [0.15, 0.2) is 18.1 Å². The van der Waals surface area contributed by atoms with Crippen molar-refractivity contribution in [2.45, 2.75) is 39.8 Å². The minimum atomic E-state index is -0.230. The van der Waals surface area contributed by atoms with Crippen LogP contribution < -0.4 is 24.3 Å². The SMILES string of the molecule is C/C=C/c1ccc(OCC(=O)NCc2cc3c(cc2OCC)CC(C)O3)c(OC)c1. The molecule has 1 N–H and O–H groups in total. The minimum Gasteiger partial charge on any atom is -0.494 e. The predicted octanol–water partition coefficient (Wildman–Crippen LogP) is 4.15. The van der Waals surface area contributed by atoms with E-state index in [1.165, 1.54) is 0 Å². The topological polar surface area (TPSA) is 66.0 Å². The van der Waals surface area contributed by atoms with Crippen molar-refractivity contribution in [3.05, 3.63) is 53.1 Å². The van der Waals surface area contributed by atoms with Crippen LogP contribution in [0.5, 0.6) is 23.0 Å². The highest BCUT2D eigenvalue weighted by Gasteiger charge is 2.22. The number of hydrogen-bond donors (Lipinski definition) is 1. The van der Waals surface area contributed by atoms with Gasteiger partial charge in [-0.15, -0.1) is 0 Å². The van der Waals surface area contributed by atoms with Crippen LogP contribution in [0.2, 0.25) is 0 Å². The van der Waals surface area contributed by atoms with E-state index in [1.54, 1.807) is 13.2 Å². The zero-order valence-electron chi connectivity index (χ0n) is 18.0. The third-order valence-corrected chi connectivity index (χ3v) is 4.76. The summed E-state index contributed by atoms with van der Waals surface area (Å²) in [7, 11) is 1.58. The van der Waals surface area contributed by atoms with Gasteiger partial charge in [-0.1, -0.05) is 18.2 Å². The van der Waals surface area contributed by atoms with E-state index in [4.69, 9.17) is 18.9 Å². The Bertz CT molecular complexity index is 922. The summed E-state index contributed by atoms with van der Waals surface area (Å²) in [5.74, 6) is 2.51. The Balaban J connectivity index is 1.61. The molecule has 2 aromatic carbocycles. The average Bonchev–Trinajstić information content (AvgIpc) is 3.10. The molecule has 1 unspecified atom stereocenters. The number of hydrogen-bond acceptors (Lipinski definition) is 5. The van der Waals surface area contributed by atoms with Gasteiger partial charge in [-0.05, 0) is 50.6 Å². The maximum Gasteiger partial charge on any atom is 0.258 e. The quantitative estimate of drug-likeness (QED) is 0.672. The molecule has 0 aromatic heterocycles. The van der Waals surface area contributed by atoms with E-state index in [-0.39, 0.29) is 18.6 Å². The van der Waals surface area contributed by atoms with Gasteiger partial charge in [-0.3, -0.25) is 4.79 Å². The lowest BCUT2D eigenvalue weighted by molar-refractivity contribution is -0.123. The summed E-state index contributed by atoms with van der Waals surface area (Å²) >= 11 is 0. The Morgan fingerprint density at radius 2 is 2.03 bits per heavy atom. The third kappa shape index (κ3) is 5.26. The molecule has 0 saturated heterocycles. The molecule has 0 fully saturated rings. The smallest absolute Gasteiger partial charge is 0.258 e. The van der Waals surface area contributed by atoms with Crippen LogP contribution >= 0.6 is 0 Å². The number of amides is 1. The highest BCUT2D eigenvalue weighted by Crippen LogP contribution is 2.35. The van der Waals surface area contributed by atoms with Crippen LogP contribution in [0.1, 0.15) is 37.5 Å². The van der Waals surface area contributed by atoms with Crippen molar-refractivity contribution < 1.29 is 23.7 Å². The van der Waals surface area contributed by atoms with E-state index >= 15 is 0 Å². The maximum absolute atomic E-state index is 12.4. The fraction of sp³-hybridized carbons (Fsp3) is 0.375. The number of methoxy groups -OCH3 is 1. The summed E-state index contributed by atoms with van der Waals surface area (Å²) in [6, 6.07) is 9.54. The third-order valence-electron chi connectivity index (χ3n) is 4.76. The first-order valence-electron chi connectivity index (χ1n) is 10.2. The van der Waals surface area contributed by atoms with Crippen molar-refractivity contribution >= 4 is 12.0 Å². The molecule has 1 aliphatic heterocycles. The molecule has 0 radical (unpaired) electrons. The largest absolute Gasteiger partial charge is 0.494 e. The molecule has 1 atom stereocenters. The van der Waals surface area contributed by atoms with Gasteiger partial charge in [0, 0.05) is 24.1 Å². The molecule has 6 heteroatoms. The Morgan fingerprint density at radius 1 is 1.20 bits per heavy atom. The number of ether oxygens (including phenoxy) is 4. The van der Waals surface area contributed by atoms with Crippen LogP contribution in [-0.4, -0.2) is 32.3 Å². The molecule has 6 nitrogen and oxygen atoms in total. The number of fused-ring (bicyclic) bond motifs is 1. The monoisotopic (exact) mass is 411 g/mol. The van der Waals surface area contributed by atoms with Crippen molar-refractivity contribution in [1.82, 2.24) is 5.32 Å². The molecule has 2 aromatic rings. The molecule has 1 amide bonds. The van der Waals surface area contributed by atoms with Gasteiger partial charge in [0.1, 0.15) is 17.6 Å². The second-order valence-electron chi connectivity index (χ2n) is 7.11. The molecule has 0 aliphatic carbocycles. The van der Waals surface area contributed by atoms with Gasteiger partial charge < -0.3 is 24.3 Å². The van der Waals surface area contributed by atoms with Crippen molar-refractivity contribution in [3.63, 3.8) is 0 Å². The van der Waals surface area contributed by atoms with E-state index in [0.29, 0.717) is 24.7 Å². The van der Waals surface area contributed by atoms with Gasteiger partial charge in [0.2, 0.25) is 0 Å². The van der Waals surface area contributed by atoms with Gasteiger partial charge in [-0.25, -0.2) is 0 Å². The van der Waals surface area contributed by atoms with E-state index < -0.39 is 0 Å². The standard InChI is InChI=1S/C24H29NO5/c1-5-7-17-8-9-20(23(11-17)27-4)29-15-24(26)25-14-19-13-22-18(10-16(3)30-22)12-21(19)28-6-2/h5,7-9,11-13,16H,6,10,14-15H2,1-4H3,(H,25,26)/b7-5+. The Morgan fingerprint density at radius 3 is 2.77 bits per heavy atom. The number of carbonyl (C=O) groups is 1. The molecule has 0 saturated carbocycles. The lowest BCUT2D eigenvalue weighted by atomic mass is 10.1. The van der Waals surface area contributed by atoms with Crippen LogP contribution in [0, 0.1) is 0 Å². The van der Waals surface area contributed by atoms with E-state index in [0.717, 1.165) is 34.6 Å². The number of nitrogens with one attached hydrogen (secondary N) is 1. The average molecular weight is 411 g/mol. The Kier molecular flexibility index (Phi) is 7.22. The molecule has 3 rings (SSSR count). The highest BCUT2D eigenvalue weighted by molar-refractivity contribution is 5.77. The van der Waals surface area contributed by atoms with Gasteiger partial charge in [-0.2, -0.15) is 0 Å². The van der Waals surface area contributed by atoms with E-state index in [9.17, 15) is 4.79 Å². The van der Waals surface area contributed by atoms with Crippen LogP contribution in [0.15, 0.2) is 36.4 Å². The summed E-state index contributed by atoms with van der Waals surface area (Å²) in [4.78, 5) is 12.4. The molecular formula is C24H29NO5. The minimum absolute atomic E-state index is 0.109. The lowest BCUT2D eigenvalue weighted by Gasteiger charge is -2.14. The maximum atomic E-state index is 12.4. The molecule has 0 bridgehead atoms. The zero-order chi connectivity index (χ0) is 21.5. The number of benzene rings is 2. The van der Waals surface area contributed by atoms with Gasteiger partial charge >= 0.3 is 0 Å². The molecule has 30 heavy (non-hydrogen) atoms. The molecule has 0 spiro atoms. The van der Waals surface area contributed by atoms with E-state index in [2.05, 4.69) is 5.32 Å². The van der Waals surface area contributed by atoms with Crippen LogP contribution in [0.3, 0.4) is 0 Å². The van der Waals surface area contributed by atoms with E-state index in [1.807, 2.05) is 57.2 Å². The summed E-state index contributed by atoms with van der Waals surface area (Å²) < 4.78 is 22.6. The fourth-order valence-corrected chi connectivity index (χ4v) is 3.40. The first kappa shape index (κ1) is 21.6. The van der Waals surface area contributed by atoms with Crippen LogP contribution in [0.4, 0.5) is 0 Å². The first-order valence-corrected chi connectivity index (χ1v) is 10.2. The second-order valence-corrected chi connectivity index (χ2v) is 7.11. The van der Waals surface area contributed by atoms with Gasteiger partial charge in [0.25, 0.3) is 5.91 Å². The highest BCUT2D eigenvalue weighted by atomic mass is 16.5. The van der Waals surface area contributed by atoms with Crippen LogP contribution in [-0.2, 0) is 17.8 Å². The zero-order valence-corrected chi connectivity index (χ0v) is 18.0. The number of carbonyl (C=O) groups excluding carboxylic acids is 1. The molecule has 160 valence electrons. The Labute approximate surface area is 177 Å². The molecule has 1 heterocycles. The normalized spacial score (nSPS) is 14.9. The number of allylic oxidation sites excluding steroid dienone is 1. The first-order chi connectivity index (χ1) is 14.5. The molecular weight excluding hydrogens is 382 g/mol. The summed E-state index contributed by atoms with van der Waals surface area (Å²) in [5.41, 5.74) is 3.02. The summed E-state index contributed by atoms with van der Waals surface area (Å²) in [5, 5.41) is 2.89. The fourth-order valence-electron chi connectivity index (χ4n) is 3.40.